The van der Waals surface area contributed by atoms with Gasteiger partial charge in [-0.3, -0.25) is 4.98 Å². The molecule has 24 heavy (non-hydrogen) atoms. The molecule has 0 saturated heterocycles. The number of anilines is 3. The molecule has 0 aliphatic carbocycles. The third-order valence-corrected chi connectivity index (χ3v) is 3.46. The molecule has 0 aliphatic rings. The van der Waals surface area contributed by atoms with Crippen molar-refractivity contribution in [3.63, 3.8) is 0 Å². The Kier molecular flexibility index (Phi) is 5.02. The van der Waals surface area contributed by atoms with E-state index in [2.05, 4.69) is 30.8 Å². The molecule has 0 atom stereocenters. The summed E-state index contributed by atoms with van der Waals surface area (Å²) in [5.74, 6) is 1.58. The van der Waals surface area contributed by atoms with Crippen LogP contribution in [0.25, 0.3) is 0 Å². The standard InChI is InChI=1S/C16H15ClN6O/c1-24-14-5-4-12(7-13(14)17)21-16-22-15(10-20-23-16)19-9-11-3-2-6-18-8-11/h2-8,10H,9H2,1H3,(H2,19,21,22,23). The first-order chi connectivity index (χ1) is 11.7. The van der Waals surface area contributed by atoms with E-state index in [0.29, 0.717) is 29.1 Å². The predicted octanol–water partition coefficient (Wildman–Crippen LogP) is 3.28. The Morgan fingerprint density at radius 1 is 1.21 bits per heavy atom. The molecule has 3 aromatic rings. The number of benzene rings is 1. The molecule has 0 amide bonds. The van der Waals surface area contributed by atoms with Crippen LogP contribution in [0.1, 0.15) is 5.56 Å². The second-order valence-corrected chi connectivity index (χ2v) is 5.26. The third kappa shape index (κ3) is 4.08. The average Bonchev–Trinajstić information content (AvgIpc) is 2.61. The van der Waals surface area contributed by atoms with Crippen molar-refractivity contribution in [1.82, 2.24) is 20.2 Å². The molecule has 122 valence electrons. The van der Waals surface area contributed by atoms with E-state index in [0.717, 1.165) is 11.3 Å². The van der Waals surface area contributed by atoms with E-state index in [1.807, 2.05) is 18.2 Å². The van der Waals surface area contributed by atoms with Gasteiger partial charge < -0.3 is 15.4 Å². The Balaban J connectivity index is 1.67. The van der Waals surface area contributed by atoms with E-state index in [1.165, 1.54) is 0 Å². The molecular formula is C16H15ClN6O. The third-order valence-electron chi connectivity index (χ3n) is 3.16. The SMILES string of the molecule is COc1ccc(Nc2nncc(NCc3cccnc3)n2)cc1Cl. The summed E-state index contributed by atoms with van der Waals surface area (Å²) in [5.41, 5.74) is 1.79. The summed E-state index contributed by atoms with van der Waals surface area (Å²) < 4.78 is 5.12. The largest absolute Gasteiger partial charge is 0.495 e. The van der Waals surface area contributed by atoms with Crippen LogP contribution in [-0.4, -0.2) is 27.3 Å². The van der Waals surface area contributed by atoms with Crippen molar-refractivity contribution in [1.29, 1.82) is 0 Å². The normalized spacial score (nSPS) is 10.2. The fourth-order valence-corrected chi connectivity index (χ4v) is 2.27. The maximum atomic E-state index is 6.10. The Morgan fingerprint density at radius 2 is 2.12 bits per heavy atom. The summed E-state index contributed by atoms with van der Waals surface area (Å²) in [7, 11) is 1.57. The maximum Gasteiger partial charge on any atom is 0.249 e. The van der Waals surface area contributed by atoms with Crippen molar-refractivity contribution < 1.29 is 4.74 Å². The van der Waals surface area contributed by atoms with Crippen LogP contribution in [0.5, 0.6) is 5.75 Å². The van der Waals surface area contributed by atoms with Crippen molar-refractivity contribution in [3.05, 3.63) is 59.5 Å². The van der Waals surface area contributed by atoms with Crippen molar-refractivity contribution in [2.45, 2.75) is 6.54 Å². The van der Waals surface area contributed by atoms with Gasteiger partial charge >= 0.3 is 0 Å². The predicted molar refractivity (Wildman–Crippen MR) is 92.7 cm³/mol. The highest BCUT2D eigenvalue weighted by Gasteiger charge is 2.05. The van der Waals surface area contributed by atoms with Crippen LogP contribution in [0.3, 0.4) is 0 Å². The Bertz CT molecular complexity index is 815. The highest BCUT2D eigenvalue weighted by Crippen LogP contribution is 2.28. The minimum Gasteiger partial charge on any atom is -0.495 e. The molecule has 8 heteroatoms. The molecule has 3 rings (SSSR count). The molecule has 0 spiro atoms. The van der Waals surface area contributed by atoms with Crippen molar-refractivity contribution in [3.8, 4) is 5.75 Å². The lowest BCUT2D eigenvalue weighted by Gasteiger charge is -2.09. The number of pyridine rings is 1. The highest BCUT2D eigenvalue weighted by atomic mass is 35.5. The first-order valence-corrected chi connectivity index (χ1v) is 7.55. The fraction of sp³-hybridized carbons (Fsp3) is 0.125. The Labute approximate surface area is 144 Å². The van der Waals surface area contributed by atoms with Gasteiger partial charge in [-0.15, -0.1) is 5.10 Å². The van der Waals surface area contributed by atoms with Gasteiger partial charge in [-0.1, -0.05) is 17.7 Å². The van der Waals surface area contributed by atoms with E-state index in [9.17, 15) is 0 Å². The van der Waals surface area contributed by atoms with E-state index < -0.39 is 0 Å². The number of aromatic nitrogens is 4. The van der Waals surface area contributed by atoms with Crippen LogP contribution in [0.15, 0.2) is 48.9 Å². The van der Waals surface area contributed by atoms with Crippen LogP contribution < -0.4 is 15.4 Å². The molecule has 0 aliphatic heterocycles. The van der Waals surface area contributed by atoms with E-state index >= 15 is 0 Å². The number of ether oxygens (including phenoxy) is 1. The summed E-state index contributed by atoms with van der Waals surface area (Å²) >= 11 is 6.10. The maximum absolute atomic E-state index is 6.10. The number of methoxy groups -OCH3 is 1. The molecule has 1 aromatic carbocycles. The second-order valence-electron chi connectivity index (χ2n) is 4.85. The van der Waals surface area contributed by atoms with Gasteiger partial charge in [0.1, 0.15) is 5.75 Å². The molecule has 0 unspecified atom stereocenters. The smallest absolute Gasteiger partial charge is 0.249 e. The van der Waals surface area contributed by atoms with Gasteiger partial charge in [0.25, 0.3) is 0 Å². The van der Waals surface area contributed by atoms with Crippen molar-refractivity contribution in [2.24, 2.45) is 0 Å². The lowest BCUT2D eigenvalue weighted by Crippen LogP contribution is -2.05. The van der Waals surface area contributed by atoms with Crippen molar-refractivity contribution >= 4 is 29.1 Å². The van der Waals surface area contributed by atoms with Crippen LogP contribution in [0, 0.1) is 0 Å². The average molecular weight is 343 g/mol. The highest BCUT2D eigenvalue weighted by molar-refractivity contribution is 6.32. The molecule has 2 heterocycles. The molecular weight excluding hydrogens is 328 g/mol. The molecule has 0 bridgehead atoms. The number of nitrogens with one attached hydrogen (secondary N) is 2. The number of hydrogen-bond acceptors (Lipinski definition) is 7. The van der Waals surface area contributed by atoms with Gasteiger partial charge in [0, 0.05) is 24.6 Å². The number of halogens is 1. The van der Waals surface area contributed by atoms with Crippen LogP contribution >= 0.6 is 11.6 Å². The zero-order valence-electron chi connectivity index (χ0n) is 12.9. The Hall–Kier alpha value is -2.93. The van der Waals surface area contributed by atoms with Crippen LogP contribution in [0.2, 0.25) is 5.02 Å². The van der Waals surface area contributed by atoms with Gasteiger partial charge in [0.05, 0.1) is 18.3 Å². The van der Waals surface area contributed by atoms with Crippen molar-refractivity contribution in [2.75, 3.05) is 17.7 Å². The minimum atomic E-state index is 0.368. The summed E-state index contributed by atoms with van der Waals surface area (Å²) in [5, 5.41) is 14.6. The Morgan fingerprint density at radius 3 is 2.88 bits per heavy atom. The summed E-state index contributed by atoms with van der Waals surface area (Å²) in [4.78, 5) is 8.43. The van der Waals surface area contributed by atoms with E-state index in [-0.39, 0.29) is 0 Å². The van der Waals surface area contributed by atoms with Gasteiger partial charge in [-0.05, 0) is 29.8 Å². The summed E-state index contributed by atoms with van der Waals surface area (Å²) in [6.07, 6.45) is 5.08. The molecule has 0 fully saturated rings. The topological polar surface area (TPSA) is 84.9 Å². The van der Waals surface area contributed by atoms with Gasteiger partial charge in [0.15, 0.2) is 5.82 Å². The first kappa shape index (κ1) is 15.9. The summed E-state index contributed by atoms with van der Waals surface area (Å²) in [6, 6.07) is 9.19. The monoisotopic (exact) mass is 342 g/mol. The number of nitrogens with zero attached hydrogens (tertiary/aromatic N) is 4. The van der Waals surface area contributed by atoms with E-state index in [1.54, 1.807) is 37.8 Å². The molecule has 0 radical (unpaired) electrons. The first-order valence-electron chi connectivity index (χ1n) is 7.17. The molecule has 7 nitrogen and oxygen atoms in total. The van der Waals surface area contributed by atoms with Gasteiger partial charge in [-0.2, -0.15) is 10.1 Å². The lowest BCUT2D eigenvalue weighted by molar-refractivity contribution is 0.415. The van der Waals surface area contributed by atoms with E-state index in [4.69, 9.17) is 16.3 Å². The van der Waals surface area contributed by atoms with Gasteiger partial charge in [0.2, 0.25) is 5.95 Å². The molecule has 2 N–H and O–H groups in total. The zero-order chi connectivity index (χ0) is 16.8. The number of rotatable bonds is 6. The number of hydrogen-bond donors (Lipinski definition) is 2. The quantitative estimate of drug-likeness (QED) is 0.711. The minimum absolute atomic E-state index is 0.368. The van der Waals surface area contributed by atoms with Gasteiger partial charge in [-0.25, -0.2) is 0 Å². The second kappa shape index (κ2) is 7.56. The zero-order valence-corrected chi connectivity index (χ0v) is 13.7. The summed E-state index contributed by atoms with van der Waals surface area (Å²) in [6.45, 7) is 0.598. The van der Waals surface area contributed by atoms with Crippen LogP contribution in [-0.2, 0) is 6.54 Å². The van der Waals surface area contributed by atoms with Crippen LogP contribution in [0.4, 0.5) is 17.5 Å². The lowest BCUT2D eigenvalue weighted by atomic mass is 10.3. The molecule has 2 aromatic heterocycles. The molecule has 0 saturated carbocycles. The fourth-order valence-electron chi connectivity index (χ4n) is 2.01.